The molecule has 0 saturated heterocycles. The van der Waals surface area contributed by atoms with Crippen LogP contribution in [0.25, 0.3) is 0 Å². The normalized spacial score (nSPS) is 16.4. The summed E-state index contributed by atoms with van der Waals surface area (Å²) in [5, 5.41) is 4.19. The van der Waals surface area contributed by atoms with Gasteiger partial charge in [0.25, 0.3) is 10.0 Å². The van der Waals surface area contributed by atoms with Crippen LogP contribution in [0.2, 0.25) is 0 Å². The van der Waals surface area contributed by atoms with Crippen molar-refractivity contribution in [3.63, 3.8) is 0 Å². The molecular formula is C12H12N4O2S. The maximum atomic E-state index is 12.2. The van der Waals surface area contributed by atoms with Crippen LogP contribution in [0, 0.1) is 6.92 Å². The van der Waals surface area contributed by atoms with E-state index in [9.17, 15) is 8.42 Å². The quantitative estimate of drug-likeness (QED) is 0.858. The lowest BCUT2D eigenvalue weighted by Crippen LogP contribution is -2.27. The number of aryl methyl sites for hydroxylation is 2. The average molecular weight is 276 g/mol. The third kappa shape index (κ3) is 1.82. The Labute approximate surface area is 110 Å². The topological polar surface area (TPSA) is 76.3 Å². The molecule has 0 atom stereocenters. The Balaban J connectivity index is 2.27. The molecule has 0 amide bonds. The summed E-state index contributed by atoms with van der Waals surface area (Å²) in [7, 11) is -1.98. The highest BCUT2D eigenvalue weighted by atomic mass is 32.2. The Kier molecular flexibility index (Phi) is 2.46. The summed E-state index contributed by atoms with van der Waals surface area (Å²) in [6.45, 7) is 1.80. The largest absolute Gasteiger partial charge is 0.281 e. The number of aliphatic imine (C=N–C) groups is 1. The highest BCUT2D eigenvalue weighted by molar-refractivity contribution is 8.08. The molecule has 0 bridgehead atoms. The zero-order valence-corrected chi connectivity index (χ0v) is 11.3. The summed E-state index contributed by atoms with van der Waals surface area (Å²) in [6, 6.07) is 8.81. The number of anilines is 1. The van der Waals surface area contributed by atoms with Crippen molar-refractivity contribution in [2.75, 3.05) is 4.72 Å². The van der Waals surface area contributed by atoms with Crippen LogP contribution in [0.5, 0.6) is 0 Å². The first-order chi connectivity index (χ1) is 8.99. The average Bonchev–Trinajstić information content (AvgIpc) is 2.63. The van der Waals surface area contributed by atoms with Gasteiger partial charge in [0.2, 0.25) is 0 Å². The molecule has 0 aliphatic carbocycles. The van der Waals surface area contributed by atoms with Crippen LogP contribution in [0.3, 0.4) is 0 Å². The van der Waals surface area contributed by atoms with E-state index in [0.29, 0.717) is 22.8 Å². The number of fused-ring (bicyclic) bond motifs is 1. The summed E-state index contributed by atoms with van der Waals surface area (Å²) in [5.41, 5.74) is 1.81. The Morgan fingerprint density at radius 2 is 1.89 bits per heavy atom. The van der Waals surface area contributed by atoms with E-state index < -0.39 is 10.0 Å². The van der Waals surface area contributed by atoms with Crippen molar-refractivity contribution in [2.45, 2.75) is 6.92 Å². The van der Waals surface area contributed by atoms with Gasteiger partial charge in [0, 0.05) is 12.6 Å². The zero-order chi connectivity index (χ0) is 13.6. The molecule has 7 heteroatoms. The summed E-state index contributed by atoms with van der Waals surface area (Å²) < 4.78 is 28.4. The summed E-state index contributed by atoms with van der Waals surface area (Å²) in [4.78, 5) is 4.27. The maximum absolute atomic E-state index is 12.2. The monoisotopic (exact) mass is 276 g/mol. The van der Waals surface area contributed by atoms with Gasteiger partial charge in [-0.05, 0) is 6.92 Å². The van der Waals surface area contributed by atoms with Crippen molar-refractivity contribution in [1.29, 1.82) is 0 Å². The smallest absolute Gasteiger partial charge is 0.260 e. The molecule has 1 aromatic carbocycles. The molecule has 0 radical (unpaired) electrons. The fourth-order valence-electron chi connectivity index (χ4n) is 2.03. The lowest BCUT2D eigenvalue weighted by Gasteiger charge is -2.16. The van der Waals surface area contributed by atoms with Crippen molar-refractivity contribution in [1.82, 2.24) is 9.78 Å². The van der Waals surface area contributed by atoms with Crippen LogP contribution in [0.15, 0.2) is 35.3 Å². The van der Waals surface area contributed by atoms with E-state index in [1.807, 2.05) is 6.07 Å². The lowest BCUT2D eigenvalue weighted by atomic mass is 10.2. The van der Waals surface area contributed by atoms with E-state index in [1.165, 1.54) is 4.68 Å². The van der Waals surface area contributed by atoms with Crippen LogP contribution >= 0.6 is 0 Å². The highest BCUT2D eigenvalue weighted by Crippen LogP contribution is 2.34. The third-order valence-corrected chi connectivity index (χ3v) is 4.21. The molecule has 0 unspecified atom stereocenters. The molecular weight excluding hydrogens is 264 g/mol. The Bertz CT molecular complexity index is 776. The molecule has 98 valence electrons. The summed E-state index contributed by atoms with van der Waals surface area (Å²) in [6.07, 6.45) is 0. The van der Waals surface area contributed by atoms with Crippen molar-refractivity contribution < 1.29 is 8.42 Å². The van der Waals surface area contributed by atoms with Crippen molar-refractivity contribution in [3.05, 3.63) is 41.6 Å². The number of nitrogens with zero attached hydrogens (tertiary/aromatic N) is 3. The van der Waals surface area contributed by atoms with Gasteiger partial charge in [-0.1, -0.05) is 30.3 Å². The molecule has 0 saturated carbocycles. The van der Waals surface area contributed by atoms with Gasteiger partial charge >= 0.3 is 0 Å². The van der Waals surface area contributed by atoms with E-state index in [1.54, 1.807) is 38.2 Å². The molecule has 19 heavy (non-hydrogen) atoms. The van der Waals surface area contributed by atoms with Gasteiger partial charge in [-0.3, -0.25) is 4.72 Å². The number of sulfonamides is 1. The van der Waals surface area contributed by atoms with Crippen LogP contribution in [-0.2, 0) is 17.1 Å². The van der Waals surface area contributed by atoms with Gasteiger partial charge in [-0.2, -0.15) is 13.5 Å². The molecule has 2 aromatic rings. The summed E-state index contributed by atoms with van der Waals surface area (Å²) >= 11 is 0. The van der Waals surface area contributed by atoms with Crippen molar-refractivity contribution >= 4 is 26.6 Å². The molecule has 1 N–H and O–H groups in total. The second kappa shape index (κ2) is 3.92. The number of rotatable bonds is 1. The minimum absolute atomic E-state index is 0.0247. The zero-order valence-electron chi connectivity index (χ0n) is 10.5. The van der Waals surface area contributed by atoms with Gasteiger partial charge in [-0.25, -0.2) is 9.67 Å². The summed E-state index contributed by atoms with van der Waals surface area (Å²) in [5.74, 6) is 0.400. The number of nitrogens with one attached hydrogen (secondary N) is 1. The van der Waals surface area contributed by atoms with Crippen LogP contribution in [0.4, 0.5) is 11.5 Å². The number of hydrogen-bond acceptors (Lipinski definition) is 4. The first-order valence-electron chi connectivity index (χ1n) is 5.69. The predicted molar refractivity (Wildman–Crippen MR) is 73.1 cm³/mol. The minimum Gasteiger partial charge on any atom is -0.260 e. The molecule has 3 rings (SSSR count). The predicted octanol–water partition coefficient (Wildman–Crippen LogP) is 1.56. The van der Waals surface area contributed by atoms with Gasteiger partial charge in [0.1, 0.15) is 5.69 Å². The Morgan fingerprint density at radius 3 is 2.58 bits per heavy atom. The van der Waals surface area contributed by atoms with Crippen LogP contribution in [-0.4, -0.2) is 23.2 Å². The fraction of sp³-hybridized carbons (Fsp3) is 0.167. The number of benzene rings is 1. The SMILES string of the molecule is Cc1nn(C)c2c1N=C(c1ccccc1)S(=O)(=O)N2. The molecule has 0 spiro atoms. The molecule has 6 nitrogen and oxygen atoms in total. The number of aromatic nitrogens is 2. The van der Waals surface area contributed by atoms with Gasteiger partial charge in [0.15, 0.2) is 10.9 Å². The molecule has 1 aliphatic heterocycles. The van der Waals surface area contributed by atoms with Gasteiger partial charge in [-0.15, -0.1) is 0 Å². The maximum Gasteiger partial charge on any atom is 0.281 e. The standard InChI is InChI=1S/C12H12N4O2S/c1-8-10-11(16(2)14-8)15-19(17,18)12(13-10)9-6-4-3-5-7-9/h3-7,15H,1-2H3. The third-order valence-electron chi connectivity index (χ3n) is 2.91. The second-order valence-corrected chi connectivity index (χ2v) is 5.89. The van der Waals surface area contributed by atoms with E-state index in [-0.39, 0.29) is 5.04 Å². The molecule has 1 aliphatic rings. The fourth-order valence-corrected chi connectivity index (χ4v) is 3.27. The van der Waals surface area contributed by atoms with E-state index in [4.69, 9.17) is 0 Å². The van der Waals surface area contributed by atoms with E-state index in [0.717, 1.165) is 0 Å². The highest BCUT2D eigenvalue weighted by Gasteiger charge is 2.30. The lowest BCUT2D eigenvalue weighted by molar-refractivity contribution is 0.610. The van der Waals surface area contributed by atoms with Crippen LogP contribution in [0.1, 0.15) is 11.3 Å². The molecule has 2 heterocycles. The number of hydrogen-bond donors (Lipinski definition) is 1. The first kappa shape index (κ1) is 11.9. The Morgan fingerprint density at radius 1 is 1.21 bits per heavy atom. The van der Waals surface area contributed by atoms with E-state index in [2.05, 4.69) is 14.8 Å². The Hall–Kier alpha value is -2.15. The second-order valence-electron chi connectivity index (χ2n) is 4.29. The molecule has 1 aromatic heterocycles. The van der Waals surface area contributed by atoms with Crippen molar-refractivity contribution in [2.24, 2.45) is 12.0 Å². The van der Waals surface area contributed by atoms with Gasteiger partial charge in [0.05, 0.1) is 5.69 Å². The van der Waals surface area contributed by atoms with Crippen LogP contribution < -0.4 is 4.72 Å². The first-order valence-corrected chi connectivity index (χ1v) is 7.18. The minimum atomic E-state index is -3.66. The van der Waals surface area contributed by atoms with Crippen molar-refractivity contribution in [3.8, 4) is 0 Å². The van der Waals surface area contributed by atoms with Gasteiger partial charge < -0.3 is 0 Å². The molecule has 0 fully saturated rings. The van der Waals surface area contributed by atoms with E-state index >= 15 is 0 Å².